The molecule has 37 heavy (non-hydrogen) atoms. The number of halogens is 2. The van der Waals surface area contributed by atoms with E-state index in [4.69, 9.17) is 4.74 Å². The minimum Gasteiger partial charge on any atom is -0.496 e. The van der Waals surface area contributed by atoms with Gasteiger partial charge in [-0.3, -0.25) is 4.90 Å². The lowest BCUT2D eigenvalue weighted by atomic mass is 9.59. The Morgan fingerprint density at radius 2 is 2.03 bits per heavy atom. The number of likely N-dealkylation sites (tertiary alicyclic amines) is 1. The lowest BCUT2D eigenvalue weighted by molar-refractivity contribution is -0.186. The van der Waals surface area contributed by atoms with Gasteiger partial charge in [0.2, 0.25) is 5.92 Å². The summed E-state index contributed by atoms with van der Waals surface area (Å²) in [7, 11) is 1.67. The first-order chi connectivity index (χ1) is 17.7. The van der Waals surface area contributed by atoms with Crippen molar-refractivity contribution in [3.8, 4) is 5.75 Å². The summed E-state index contributed by atoms with van der Waals surface area (Å²) in [5, 5.41) is 10.7. The van der Waals surface area contributed by atoms with Gasteiger partial charge in [0.05, 0.1) is 7.11 Å². The molecule has 3 aromatic rings. The minimum atomic E-state index is -2.60. The number of methoxy groups -OCH3 is 1. The number of carboxylic acid groups (broad SMARTS) is 1. The van der Waals surface area contributed by atoms with Crippen molar-refractivity contribution in [1.82, 2.24) is 14.9 Å². The molecule has 7 nitrogen and oxygen atoms in total. The average molecular weight is 511 g/mol. The van der Waals surface area contributed by atoms with Crippen molar-refractivity contribution in [1.29, 1.82) is 0 Å². The average Bonchev–Trinajstić information content (AvgIpc) is 3.30. The molecule has 1 atom stereocenters. The third-order valence-corrected chi connectivity index (χ3v) is 8.60. The number of rotatable bonds is 6. The van der Waals surface area contributed by atoms with Gasteiger partial charge in [0.25, 0.3) is 0 Å². The molecule has 1 aromatic carbocycles. The summed E-state index contributed by atoms with van der Waals surface area (Å²) in [6, 6.07) is 7.34. The van der Waals surface area contributed by atoms with Gasteiger partial charge < -0.3 is 19.7 Å². The van der Waals surface area contributed by atoms with Crippen molar-refractivity contribution in [2.24, 2.45) is 5.41 Å². The number of H-pyrrole nitrogens is 1. The quantitative estimate of drug-likeness (QED) is 0.453. The standard InChI is InChI=1S/C28H32F2N4O3/c1-17-12-23(37-2)20(18-6-8-31-24(17)18)14-34-11-7-27(15-28(29,30)16-27)13-22(34)19-4-5-21(26(35)36)32-25(19)33-9-3-10-33/h4-6,8,12,22,31H,3,7,9-11,13-16H2,1-2H3,(H,35,36)/t22-/m1/s1. The zero-order valence-electron chi connectivity index (χ0n) is 21.2. The highest BCUT2D eigenvalue weighted by Crippen LogP contribution is 2.61. The number of aromatic amines is 1. The summed E-state index contributed by atoms with van der Waals surface area (Å²) in [4.78, 5) is 24.0. The number of hydrogen-bond donors (Lipinski definition) is 2. The van der Waals surface area contributed by atoms with Crippen molar-refractivity contribution in [2.45, 2.75) is 57.5 Å². The zero-order valence-corrected chi connectivity index (χ0v) is 21.2. The molecule has 0 radical (unpaired) electrons. The van der Waals surface area contributed by atoms with Gasteiger partial charge in [0, 0.05) is 66.7 Å². The van der Waals surface area contributed by atoms with E-state index in [1.165, 1.54) is 0 Å². The lowest BCUT2D eigenvalue weighted by Gasteiger charge is -2.55. The maximum atomic E-state index is 14.1. The van der Waals surface area contributed by atoms with Crippen molar-refractivity contribution < 1.29 is 23.4 Å². The summed E-state index contributed by atoms with van der Waals surface area (Å²) < 4.78 is 34.0. The second-order valence-corrected chi connectivity index (χ2v) is 11.0. The second-order valence-electron chi connectivity index (χ2n) is 11.0. The van der Waals surface area contributed by atoms with Crippen LogP contribution in [0.25, 0.3) is 10.9 Å². The largest absolute Gasteiger partial charge is 0.496 e. The van der Waals surface area contributed by atoms with Gasteiger partial charge in [-0.05, 0) is 61.9 Å². The molecule has 0 bridgehead atoms. The number of hydrogen-bond acceptors (Lipinski definition) is 5. The highest BCUT2D eigenvalue weighted by atomic mass is 19.3. The Bertz CT molecular complexity index is 1360. The first-order valence-electron chi connectivity index (χ1n) is 12.9. The van der Waals surface area contributed by atoms with E-state index < -0.39 is 17.3 Å². The van der Waals surface area contributed by atoms with Crippen molar-refractivity contribution in [2.75, 3.05) is 31.6 Å². The number of nitrogens with one attached hydrogen (secondary N) is 1. The number of aromatic nitrogens is 2. The van der Waals surface area contributed by atoms with Gasteiger partial charge >= 0.3 is 5.97 Å². The zero-order chi connectivity index (χ0) is 25.9. The summed E-state index contributed by atoms with van der Waals surface area (Å²) >= 11 is 0. The monoisotopic (exact) mass is 510 g/mol. The van der Waals surface area contributed by atoms with E-state index in [1.807, 2.05) is 25.3 Å². The van der Waals surface area contributed by atoms with Gasteiger partial charge in [-0.2, -0.15) is 0 Å². The Kier molecular flexibility index (Phi) is 5.67. The topological polar surface area (TPSA) is 81.7 Å². The van der Waals surface area contributed by atoms with E-state index in [0.717, 1.165) is 52.9 Å². The maximum Gasteiger partial charge on any atom is 0.354 e. The van der Waals surface area contributed by atoms with Gasteiger partial charge in [0.1, 0.15) is 11.6 Å². The van der Waals surface area contributed by atoms with Crippen LogP contribution in [0.5, 0.6) is 5.75 Å². The molecule has 6 rings (SSSR count). The fourth-order valence-electron chi connectivity index (χ4n) is 6.64. The number of aryl methyl sites for hydroxylation is 1. The normalized spacial score (nSPS) is 22.6. The maximum absolute atomic E-state index is 14.1. The molecule has 0 unspecified atom stereocenters. The molecule has 2 N–H and O–H groups in total. The predicted octanol–water partition coefficient (Wildman–Crippen LogP) is 5.54. The molecular formula is C28H32F2N4O3. The molecule has 2 saturated heterocycles. The van der Waals surface area contributed by atoms with Crippen LogP contribution in [0.3, 0.4) is 0 Å². The number of alkyl halides is 2. The number of aromatic carboxylic acids is 1. The lowest BCUT2D eigenvalue weighted by Crippen LogP contribution is -2.53. The van der Waals surface area contributed by atoms with Crippen LogP contribution in [0.2, 0.25) is 0 Å². The fourth-order valence-corrected chi connectivity index (χ4v) is 6.64. The first-order valence-corrected chi connectivity index (χ1v) is 12.9. The van der Waals surface area contributed by atoms with Crippen LogP contribution in [-0.4, -0.2) is 58.6 Å². The Morgan fingerprint density at radius 1 is 1.24 bits per heavy atom. The summed E-state index contributed by atoms with van der Waals surface area (Å²) in [5.41, 5.74) is 3.75. The molecule has 9 heteroatoms. The molecule has 1 saturated carbocycles. The van der Waals surface area contributed by atoms with Crippen LogP contribution in [0.4, 0.5) is 14.6 Å². The summed E-state index contributed by atoms with van der Waals surface area (Å²) in [6.45, 7) is 4.94. The van der Waals surface area contributed by atoms with Gasteiger partial charge in [-0.25, -0.2) is 18.6 Å². The van der Waals surface area contributed by atoms with Crippen LogP contribution >= 0.6 is 0 Å². The van der Waals surface area contributed by atoms with Crippen molar-refractivity contribution >= 4 is 22.7 Å². The molecule has 1 aliphatic carbocycles. The van der Waals surface area contributed by atoms with Crippen LogP contribution in [0.15, 0.2) is 30.5 Å². The van der Waals surface area contributed by atoms with Crippen molar-refractivity contribution in [3.63, 3.8) is 0 Å². The SMILES string of the molecule is COc1cc(C)c2[nH]ccc2c1CN1CCC2(C[C@@H]1c1ccc(C(=O)O)nc1N1CCC1)CC(F)(F)C2. The van der Waals surface area contributed by atoms with E-state index in [1.54, 1.807) is 13.2 Å². The molecule has 1 spiro atoms. The molecule has 2 aromatic heterocycles. The van der Waals surface area contributed by atoms with Crippen LogP contribution in [0.1, 0.15) is 65.3 Å². The Labute approximate surface area is 214 Å². The molecular weight excluding hydrogens is 478 g/mol. The number of piperidine rings is 1. The summed E-state index contributed by atoms with van der Waals surface area (Å²) in [6.07, 6.45) is 4.09. The number of nitrogens with zero attached hydrogens (tertiary/aromatic N) is 3. The molecule has 4 heterocycles. The molecule has 3 fully saturated rings. The number of carboxylic acids is 1. The highest BCUT2D eigenvalue weighted by molar-refractivity contribution is 5.88. The number of benzene rings is 1. The van der Waals surface area contributed by atoms with Gasteiger partial charge in [-0.15, -0.1) is 0 Å². The molecule has 196 valence electrons. The number of carbonyl (C=O) groups is 1. The van der Waals surface area contributed by atoms with Crippen LogP contribution < -0.4 is 9.64 Å². The molecule has 3 aliphatic rings. The highest BCUT2D eigenvalue weighted by Gasteiger charge is 2.58. The number of ether oxygens (including phenoxy) is 1. The van der Waals surface area contributed by atoms with Crippen molar-refractivity contribution in [3.05, 3.63) is 52.8 Å². The van der Waals surface area contributed by atoms with E-state index in [-0.39, 0.29) is 24.6 Å². The predicted molar refractivity (Wildman–Crippen MR) is 137 cm³/mol. The Morgan fingerprint density at radius 3 is 2.68 bits per heavy atom. The minimum absolute atomic E-state index is 0.00661. The summed E-state index contributed by atoms with van der Waals surface area (Å²) in [5.74, 6) is -2.19. The van der Waals surface area contributed by atoms with E-state index in [0.29, 0.717) is 31.7 Å². The van der Waals surface area contributed by atoms with Gasteiger partial charge in [0.15, 0.2) is 5.69 Å². The third kappa shape index (κ3) is 4.13. The fraction of sp³-hybridized carbons (Fsp3) is 0.500. The van der Waals surface area contributed by atoms with Gasteiger partial charge in [-0.1, -0.05) is 6.07 Å². The third-order valence-electron chi connectivity index (χ3n) is 8.60. The smallest absolute Gasteiger partial charge is 0.354 e. The van der Waals surface area contributed by atoms with E-state index >= 15 is 0 Å². The molecule has 2 aliphatic heterocycles. The Balaban J connectivity index is 1.42. The molecule has 0 amide bonds. The Hall–Kier alpha value is -3.20. The first kappa shape index (κ1) is 24.2. The number of pyridine rings is 1. The number of anilines is 1. The van der Waals surface area contributed by atoms with Crippen LogP contribution in [-0.2, 0) is 6.54 Å². The second kappa shape index (κ2) is 8.68. The van der Waals surface area contributed by atoms with E-state index in [2.05, 4.69) is 25.8 Å². The van der Waals surface area contributed by atoms with E-state index in [9.17, 15) is 18.7 Å². The number of fused-ring (bicyclic) bond motifs is 1. The van der Waals surface area contributed by atoms with Crippen LogP contribution in [0, 0.1) is 12.3 Å².